The fourth-order valence-corrected chi connectivity index (χ4v) is 6.97. The first kappa shape index (κ1) is 25.4. The highest BCUT2D eigenvalue weighted by Gasteiger charge is 2.67. The molecular weight excluding hydrogens is 454 g/mol. The molecule has 4 rings (SSSR count). The molecule has 0 amide bonds. The summed E-state index contributed by atoms with van der Waals surface area (Å²) in [6, 6.07) is 1.88. The number of hydrogen-bond donors (Lipinski definition) is 0. The smallest absolute Gasteiger partial charge is 0.310 e. The van der Waals surface area contributed by atoms with Crippen LogP contribution in [-0.2, 0) is 39.9 Å². The van der Waals surface area contributed by atoms with Crippen molar-refractivity contribution in [1.29, 1.82) is 0 Å². The van der Waals surface area contributed by atoms with Gasteiger partial charge in [-0.2, -0.15) is 0 Å². The summed E-state index contributed by atoms with van der Waals surface area (Å²) in [5.41, 5.74) is -0.791. The molecule has 0 N–H and O–H groups in total. The van der Waals surface area contributed by atoms with Crippen LogP contribution in [0.15, 0.2) is 16.7 Å². The average molecular weight is 490 g/mol. The Hall–Kier alpha value is -2.68. The Morgan fingerprint density at radius 2 is 1.91 bits per heavy atom. The highest BCUT2D eigenvalue weighted by molar-refractivity contribution is 5.93. The van der Waals surface area contributed by atoms with E-state index in [0.717, 1.165) is 11.3 Å². The molecule has 1 saturated heterocycles. The van der Waals surface area contributed by atoms with Gasteiger partial charge in [0, 0.05) is 24.8 Å². The lowest BCUT2D eigenvalue weighted by Gasteiger charge is -2.61. The van der Waals surface area contributed by atoms with Crippen LogP contribution in [0.4, 0.5) is 0 Å². The van der Waals surface area contributed by atoms with Crippen LogP contribution in [0.3, 0.4) is 0 Å². The molecule has 2 aliphatic carbocycles. The quantitative estimate of drug-likeness (QED) is 0.455. The maximum absolute atomic E-state index is 13.9. The van der Waals surface area contributed by atoms with Crippen molar-refractivity contribution in [1.82, 2.24) is 4.90 Å². The molecule has 7 atom stereocenters. The van der Waals surface area contributed by atoms with Gasteiger partial charge in [0.1, 0.15) is 11.9 Å². The predicted octanol–water partition coefficient (Wildman–Crippen LogP) is 3.06. The number of nitrogens with zero attached hydrogens (tertiary/aromatic N) is 1. The molecule has 1 aromatic heterocycles. The van der Waals surface area contributed by atoms with Crippen molar-refractivity contribution in [3.8, 4) is 0 Å². The van der Waals surface area contributed by atoms with E-state index in [4.69, 9.17) is 18.6 Å². The molecular formula is C26H35NO8. The number of cyclic esters (lactones) is 1. The summed E-state index contributed by atoms with van der Waals surface area (Å²) in [5, 5.41) is 0. The molecule has 3 fully saturated rings. The lowest BCUT2D eigenvalue weighted by atomic mass is 9.43. The lowest BCUT2D eigenvalue weighted by molar-refractivity contribution is -0.210. The summed E-state index contributed by atoms with van der Waals surface area (Å²) in [7, 11) is 5.19. The van der Waals surface area contributed by atoms with Crippen molar-refractivity contribution in [3.05, 3.63) is 23.7 Å². The molecule has 0 bridgehead atoms. The standard InChI is InChI=1S/C26H35NO8/c1-14(28)34-19-10-18(23(30)32-6)25(2)8-7-17-24(31)35-20(11-26(17,3)22(25)21(19)29)15-9-16(33-13-15)12-27(4)5/h9,13,17-20,22H,7-8,10-12H2,1-6H3/t17-,18-,19-,20-,22-,25-,26-/m0/s1. The van der Waals surface area contributed by atoms with E-state index in [2.05, 4.69) is 0 Å². The topological polar surface area (TPSA) is 112 Å². The van der Waals surface area contributed by atoms with Crippen LogP contribution >= 0.6 is 0 Å². The second-order valence-electron chi connectivity index (χ2n) is 11.1. The van der Waals surface area contributed by atoms with E-state index < -0.39 is 52.7 Å². The number of rotatable bonds is 5. The van der Waals surface area contributed by atoms with Crippen molar-refractivity contribution in [3.63, 3.8) is 0 Å². The summed E-state index contributed by atoms with van der Waals surface area (Å²) < 4.78 is 22.0. The van der Waals surface area contributed by atoms with Crippen molar-refractivity contribution in [2.24, 2.45) is 28.6 Å². The number of hydrogen-bond acceptors (Lipinski definition) is 9. The number of carbonyl (C=O) groups excluding carboxylic acids is 4. The molecule has 0 spiro atoms. The number of methoxy groups -OCH3 is 1. The van der Waals surface area contributed by atoms with E-state index in [1.807, 2.05) is 38.9 Å². The number of furan rings is 1. The van der Waals surface area contributed by atoms with Gasteiger partial charge in [0.05, 0.1) is 31.8 Å². The van der Waals surface area contributed by atoms with Crippen molar-refractivity contribution >= 4 is 23.7 Å². The van der Waals surface area contributed by atoms with Gasteiger partial charge in [-0.05, 0) is 50.3 Å². The third-order valence-electron chi connectivity index (χ3n) is 8.41. The largest absolute Gasteiger partial charge is 0.469 e. The first-order valence-corrected chi connectivity index (χ1v) is 12.1. The third-order valence-corrected chi connectivity index (χ3v) is 8.41. The van der Waals surface area contributed by atoms with Crippen LogP contribution in [0, 0.1) is 28.6 Å². The summed E-state index contributed by atoms with van der Waals surface area (Å²) in [4.78, 5) is 53.8. The maximum atomic E-state index is 13.9. The van der Waals surface area contributed by atoms with Crippen LogP contribution < -0.4 is 0 Å². The highest BCUT2D eigenvalue weighted by Crippen LogP contribution is 2.65. The number of esters is 3. The Morgan fingerprint density at radius 3 is 2.54 bits per heavy atom. The molecule has 0 radical (unpaired) electrons. The number of fused-ring (bicyclic) bond motifs is 3. The maximum Gasteiger partial charge on any atom is 0.310 e. The van der Waals surface area contributed by atoms with E-state index in [9.17, 15) is 19.2 Å². The number of Topliss-reactive ketones (excluding diaryl/α,β-unsaturated/α-hetero) is 1. The van der Waals surface area contributed by atoms with Crippen molar-refractivity contribution < 1.29 is 37.8 Å². The molecule has 0 unspecified atom stereocenters. The lowest BCUT2D eigenvalue weighted by Crippen LogP contribution is -2.64. The van der Waals surface area contributed by atoms with E-state index in [1.165, 1.54) is 14.0 Å². The molecule has 0 aromatic carbocycles. The minimum Gasteiger partial charge on any atom is -0.469 e. The fourth-order valence-electron chi connectivity index (χ4n) is 6.97. The van der Waals surface area contributed by atoms with E-state index in [-0.39, 0.29) is 18.2 Å². The molecule has 9 heteroatoms. The summed E-state index contributed by atoms with van der Waals surface area (Å²) >= 11 is 0. The van der Waals surface area contributed by atoms with Crippen molar-refractivity contribution in [2.45, 2.75) is 65.2 Å². The van der Waals surface area contributed by atoms with Gasteiger partial charge in [0.15, 0.2) is 11.9 Å². The number of ketones is 1. The molecule has 2 saturated carbocycles. The Kier molecular flexibility index (Phi) is 6.59. The molecule has 2 heterocycles. The zero-order valence-electron chi connectivity index (χ0n) is 21.3. The molecule has 1 aromatic rings. The SMILES string of the molecule is COC(=O)[C@@H]1C[C@H](OC(C)=O)C(=O)[C@H]2[C@@]1(C)CC[C@H]1C(=O)O[C@H](c3coc(CN(C)C)c3)C[C@]21C. The minimum atomic E-state index is -1.05. The van der Waals surface area contributed by atoms with Gasteiger partial charge < -0.3 is 23.5 Å². The summed E-state index contributed by atoms with van der Waals surface area (Å²) in [5.74, 6) is -2.65. The van der Waals surface area contributed by atoms with E-state index in [1.54, 1.807) is 6.26 Å². The van der Waals surface area contributed by atoms with Crippen LogP contribution in [0.5, 0.6) is 0 Å². The molecule has 3 aliphatic rings. The van der Waals surface area contributed by atoms with Crippen LogP contribution in [0.1, 0.15) is 63.9 Å². The molecule has 192 valence electrons. The second kappa shape index (κ2) is 9.08. The number of carbonyl (C=O) groups is 4. The van der Waals surface area contributed by atoms with Gasteiger partial charge >= 0.3 is 17.9 Å². The highest BCUT2D eigenvalue weighted by atomic mass is 16.6. The zero-order valence-corrected chi connectivity index (χ0v) is 21.3. The first-order valence-electron chi connectivity index (χ1n) is 12.1. The first-order chi connectivity index (χ1) is 16.4. The fraction of sp³-hybridized carbons (Fsp3) is 0.692. The van der Waals surface area contributed by atoms with Gasteiger partial charge in [0.25, 0.3) is 0 Å². The van der Waals surface area contributed by atoms with Gasteiger partial charge in [-0.1, -0.05) is 13.8 Å². The van der Waals surface area contributed by atoms with E-state index >= 15 is 0 Å². The van der Waals surface area contributed by atoms with Gasteiger partial charge in [-0.3, -0.25) is 19.2 Å². The predicted molar refractivity (Wildman–Crippen MR) is 123 cm³/mol. The Morgan fingerprint density at radius 1 is 1.20 bits per heavy atom. The van der Waals surface area contributed by atoms with Crippen LogP contribution in [-0.4, -0.2) is 55.9 Å². The summed E-state index contributed by atoms with van der Waals surface area (Å²) in [6.45, 7) is 5.73. The van der Waals surface area contributed by atoms with Crippen molar-refractivity contribution in [2.75, 3.05) is 21.2 Å². The Labute approximate surface area is 205 Å². The van der Waals surface area contributed by atoms with Crippen LogP contribution in [0.2, 0.25) is 0 Å². The Bertz CT molecular complexity index is 1030. The molecule has 1 aliphatic heterocycles. The zero-order chi connectivity index (χ0) is 25.7. The van der Waals surface area contributed by atoms with Gasteiger partial charge in [0.2, 0.25) is 0 Å². The number of ether oxygens (including phenoxy) is 3. The van der Waals surface area contributed by atoms with Gasteiger partial charge in [-0.15, -0.1) is 0 Å². The van der Waals surface area contributed by atoms with Gasteiger partial charge in [-0.25, -0.2) is 0 Å². The average Bonchev–Trinajstić information content (AvgIpc) is 3.21. The Balaban J connectivity index is 1.74. The monoisotopic (exact) mass is 489 g/mol. The normalized spacial score (nSPS) is 36.7. The van der Waals surface area contributed by atoms with Crippen LogP contribution in [0.25, 0.3) is 0 Å². The minimum absolute atomic E-state index is 0.0856. The summed E-state index contributed by atoms with van der Waals surface area (Å²) in [6.07, 6.45) is 1.45. The molecule has 35 heavy (non-hydrogen) atoms. The van der Waals surface area contributed by atoms with E-state index in [0.29, 0.717) is 25.8 Å². The third kappa shape index (κ3) is 4.28. The molecule has 9 nitrogen and oxygen atoms in total. The second-order valence-corrected chi connectivity index (χ2v) is 11.1.